The summed E-state index contributed by atoms with van der Waals surface area (Å²) in [5, 5.41) is 3.49. The molecule has 6 nitrogen and oxygen atoms in total. The van der Waals surface area contributed by atoms with Gasteiger partial charge in [0, 0.05) is 26.2 Å². The summed E-state index contributed by atoms with van der Waals surface area (Å²) in [6, 6.07) is 0.404. The number of carbonyl (C=O) groups excluding carboxylic acids is 2. The number of nitrogens with one attached hydrogen (secondary N) is 1. The van der Waals surface area contributed by atoms with E-state index in [1.54, 1.807) is 16.8 Å². The van der Waals surface area contributed by atoms with E-state index in [4.69, 9.17) is 4.74 Å². The molecule has 124 valence electrons. The molecule has 1 N–H and O–H groups in total. The highest BCUT2D eigenvalue weighted by molar-refractivity contribution is 5.87. The van der Waals surface area contributed by atoms with Crippen LogP contribution in [0.1, 0.15) is 32.1 Å². The summed E-state index contributed by atoms with van der Waals surface area (Å²) in [7, 11) is 1.74. The van der Waals surface area contributed by atoms with Gasteiger partial charge < -0.3 is 19.9 Å². The third-order valence-corrected chi connectivity index (χ3v) is 5.27. The summed E-state index contributed by atoms with van der Waals surface area (Å²) in [4.78, 5) is 28.2. The van der Waals surface area contributed by atoms with Crippen molar-refractivity contribution in [3.05, 3.63) is 0 Å². The lowest BCUT2D eigenvalue weighted by Gasteiger charge is -2.29. The minimum atomic E-state index is -0.101. The molecule has 3 atom stereocenters. The molecule has 0 aromatic rings. The van der Waals surface area contributed by atoms with E-state index in [9.17, 15) is 9.59 Å². The molecule has 1 aliphatic carbocycles. The molecule has 22 heavy (non-hydrogen) atoms. The molecule has 0 radical (unpaired) electrons. The maximum atomic E-state index is 12.6. The van der Waals surface area contributed by atoms with E-state index in [0.29, 0.717) is 38.3 Å². The van der Waals surface area contributed by atoms with Crippen molar-refractivity contribution >= 4 is 11.8 Å². The van der Waals surface area contributed by atoms with E-state index in [1.165, 1.54) is 25.7 Å². The number of carbonyl (C=O) groups is 2. The number of likely N-dealkylation sites (N-methyl/N-ethyl adjacent to an activating group) is 1. The molecule has 0 aromatic heterocycles. The molecule has 1 saturated carbocycles. The van der Waals surface area contributed by atoms with Crippen LogP contribution in [0.2, 0.25) is 0 Å². The molecule has 3 unspecified atom stereocenters. The van der Waals surface area contributed by atoms with Crippen LogP contribution < -0.4 is 5.32 Å². The molecular weight excluding hydrogens is 282 g/mol. The standard InChI is InChI=1S/C16H27N3O3/c1-18(11-15(20)19-6-8-22-9-7-19)16(21)14-10-12-4-2-3-5-13(12)17-14/h12-14,17H,2-11H2,1H3. The first-order valence-electron chi connectivity index (χ1n) is 8.51. The third-order valence-electron chi connectivity index (χ3n) is 5.27. The van der Waals surface area contributed by atoms with Crippen molar-refractivity contribution in [1.82, 2.24) is 15.1 Å². The monoisotopic (exact) mass is 309 g/mol. The van der Waals surface area contributed by atoms with E-state index in [2.05, 4.69) is 5.32 Å². The van der Waals surface area contributed by atoms with Gasteiger partial charge in [0.15, 0.2) is 0 Å². The van der Waals surface area contributed by atoms with Gasteiger partial charge in [0.25, 0.3) is 0 Å². The summed E-state index contributed by atoms with van der Waals surface area (Å²) in [5.41, 5.74) is 0. The molecule has 0 spiro atoms. The molecular formula is C16H27N3O3. The Labute approximate surface area is 132 Å². The molecule has 3 rings (SSSR count). The SMILES string of the molecule is CN(CC(=O)N1CCOCC1)C(=O)C1CC2CCCCC2N1. The topological polar surface area (TPSA) is 61.9 Å². The summed E-state index contributed by atoms with van der Waals surface area (Å²) >= 11 is 0. The fourth-order valence-electron chi connectivity index (χ4n) is 3.97. The highest BCUT2D eigenvalue weighted by Crippen LogP contribution is 2.33. The Bertz CT molecular complexity index is 409. The predicted molar refractivity (Wildman–Crippen MR) is 82.3 cm³/mol. The lowest BCUT2D eigenvalue weighted by atomic mass is 9.85. The zero-order valence-corrected chi connectivity index (χ0v) is 13.4. The highest BCUT2D eigenvalue weighted by atomic mass is 16.5. The van der Waals surface area contributed by atoms with Crippen molar-refractivity contribution in [2.24, 2.45) is 5.92 Å². The second-order valence-electron chi connectivity index (χ2n) is 6.79. The van der Waals surface area contributed by atoms with Gasteiger partial charge >= 0.3 is 0 Å². The molecule has 6 heteroatoms. The average Bonchev–Trinajstić information content (AvgIpc) is 2.98. The molecule has 2 amide bonds. The summed E-state index contributed by atoms with van der Waals surface area (Å²) in [5.74, 6) is 0.733. The number of nitrogens with zero attached hydrogens (tertiary/aromatic N) is 2. The molecule has 2 aliphatic heterocycles. The number of rotatable bonds is 3. The van der Waals surface area contributed by atoms with Crippen molar-refractivity contribution in [3.8, 4) is 0 Å². The maximum Gasteiger partial charge on any atom is 0.242 e. The second-order valence-corrected chi connectivity index (χ2v) is 6.79. The quantitative estimate of drug-likeness (QED) is 0.810. The normalized spacial score (nSPS) is 31.7. The van der Waals surface area contributed by atoms with Crippen LogP contribution in [-0.2, 0) is 14.3 Å². The van der Waals surface area contributed by atoms with Crippen LogP contribution >= 0.6 is 0 Å². The number of hydrogen-bond donors (Lipinski definition) is 1. The first-order valence-corrected chi connectivity index (χ1v) is 8.51. The first-order chi connectivity index (χ1) is 10.6. The van der Waals surface area contributed by atoms with Crippen molar-refractivity contribution in [2.75, 3.05) is 39.9 Å². The van der Waals surface area contributed by atoms with E-state index < -0.39 is 0 Å². The van der Waals surface area contributed by atoms with E-state index in [0.717, 1.165) is 6.42 Å². The van der Waals surface area contributed by atoms with Crippen LogP contribution in [-0.4, -0.2) is 73.6 Å². The smallest absolute Gasteiger partial charge is 0.242 e. The zero-order chi connectivity index (χ0) is 15.5. The Kier molecular flexibility index (Phi) is 4.98. The molecule has 2 saturated heterocycles. The van der Waals surface area contributed by atoms with Gasteiger partial charge in [-0.05, 0) is 25.2 Å². The van der Waals surface area contributed by atoms with Crippen molar-refractivity contribution < 1.29 is 14.3 Å². The van der Waals surface area contributed by atoms with Gasteiger partial charge in [-0.15, -0.1) is 0 Å². The van der Waals surface area contributed by atoms with Gasteiger partial charge in [-0.25, -0.2) is 0 Å². The van der Waals surface area contributed by atoms with Gasteiger partial charge in [-0.3, -0.25) is 9.59 Å². The van der Waals surface area contributed by atoms with Crippen molar-refractivity contribution in [2.45, 2.75) is 44.2 Å². The van der Waals surface area contributed by atoms with Crippen LogP contribution in [0.5, 0.6) is 0 Å². The minimum absolute atomic E-state index is 0.0227. The summed E-state index contributed by atoms with van der Waals surface area (Å²) in [6.45, 7) is 2.62. The molecule has 0 bridgehead atoms. The van der Waals surface area contributed by atoms with Crippen LogP contribution in [0.4, 0.5) is 0 Å². The van der Waals surface area contributed by atoms with Crippen LogP contribution in [0.25, 0.3) is 0 Å². The largest absolute Gasteiger partial charge is 0.378 e. The van der Waals surface area contributed by atoms with Crippen molar-refractivity contribution in [1.29, 1.82) is 0 Å². The predicted octanol–water partition coefficient (Wildman–Crippen LogP) is 0.224. The average molecular weight is 309 g/mol. The number of hydrogen-bond acceptors (Lipinski definition) is 4. The Balaban J connectivity index is 1.50. The molecule has 3 aliphatic rings. The van der Waals surface area contributed by atoms with Gasteiger partial charge in [0.2, 0.25) is 11.8 Å². The second kappa shape index (κ2) is 6.96. The zero-order valence-electron chi connectivity index (χ0n) is 13.4. The van der Waals surface area contributed by atoms with Gasteiger partial charge in [0.1, 0.15) is 0 Å². The molecule has 0 aromatic carbocycles. The van der Waals surface area contributed by atoms with E-state index in [-0.39, 0.29) is 24.4 Å². The minimum Gasteiger partial charge on any atom is -0.378 e. The fourth-order valence-corrected chi connectivity index (χ4v) is 3.97. The molecule has 2 heterocycles. The Morgan fingerprint density at radius 2 is 1.95 bits per heavy atom. The van der Waals surface area contributed by atoms with E-state index in [1.807, 2.05) is 0 Å². The third kappa shape index (κ3) is 3.43. The Morgan fingerprint density at radius 3 is 2.68 bits per heavy atom. The van der Waals surface area contributed by atoms with Gasteiger partial charge in [0.05, 0.1) is 25.8 Å². The Morgan fingerprint density at radius 1 is 1.23 bits per heavy atom. The number of amides is 2. The van der Waals surface area contributed by atoms with Crippen molar-refractivity contribution in [3.63, 3.8) is 0 Å². The van der Waals surface area contributed by atoms with Crippen LogP contribution in [0, 0.1) is 5.92 Å². The maximum absolute atomic E-state index is 12.6. The Hall–Kier alpha value is -1.14. The number of morpholine rings is 1. The van der Waals surface area contributed by atoms with Gasteiger partial charge in [-0.2, -0.15) is 0 Å². The van der Waals surface area contributed by atoms with Gasteiger partial charge in [-0.1, -0.05) is 12.8 Å². The summed E-state index contributed by atoms with van der Waals surface area (Å²) in [6.07, 6.45) is 5.90. The number of ether oxygens (including phenoxy) is 1. The van der Waals surface area contributed by atoms with Crippen LogP contribution in [0.3, 0.4) is 0 Å². The fraction of sp³-hybridized carbons (Fsp3) is 0.875. The highest BCUT2D eigenvalue weighted by Gasteiger charge is 2.39. The lowest BCUT2D eigenvalue weighted by molar-refractivity contribution is -0.142. The van der Waals surface area contributed by atoms with Crippen LogP contribution in [0.15, 0.2) is 0 Å². The first kappa shape index (κ1) is 15.7. The lowest BCUT2D eigenvalue weighted by Crippen LogP contribution is -2.49. The molecule has 3 fully saturated rings. The van der Waals surface area contributed by atoms with E-state index >= 15 is 0 Å². The summed E-state index contributed by atoms with van der Waals surface area (Å²) < 4.78 is 5.25. The number of fused-ring (bicyclic) bond motifs is 1.